The maximum Gasteiger partial charge on any atom is 0.160 e. The zero-order chi connectivity index (χ0) is 37.0. The van der Waals surface area contributed by atoms with Crippen molar-refractivity contribution in [2.75, 3.05) is 0 Å². The van der Waals surface area contributed by atoms with Crippen LogP contribution in [0.3, 0.4) is 0 Å². The first-order valence-electron chi connectivity index (χ1n) is 19.1. The maximum absolute atomic E-state index is 5.29. The van der Waals surface area contributed by atoms with Gasteiger partial charge in [0, 0.05) is 16.7 Å². The number of rotatable bonds is 5. The quantitative estimate of drug-likeness (QED) is 0.131. The van der Waals surface area contributed by atoms with Gasteiger partial charge in [-0.1, -0.05) is 182 Å². The van der Waals surface area contributed by atoms with Gasteiger partial charge in [0.25, 0.3) is 0 Å². The summed E-state index contributed by atoms with van der Waals surface area (Å²) in [5.41, 5.74) is 9.68. The lowest BCUT2D eigenvalue weighted by atomic mass is 9.86. The second kappa shape index (κ2) is 13.2. The van der Waals surface area contributed by atoms with Gasteiger partial charge in [0.15, 0.2) is 5.82 Å². The third-order valence-corrected chi connectivity index (χ3v) is 11.2. The van der Waals surface area contributed by atoms with Crippen LogP contribution in [-0.4, -0.2) is 9.97 Å². The van der Waals surface area contributed by atoms with E-state index in [1.807, 2.05) is 18.2 Å². The van der Waals surface area contributed by atoms with Crippen molar-refractivity contribution in [1.29, 1.82) is 0 Å². The van der Waals surface area contributed by atoms with Gasteiger partial charge in [-0.15, -0.1) is 0 Å². The number of nitrogens with zero attached hydrogens (tertiary/aromatic N) is 2. The normalized spacial score (nSPS) is 11.6. The topological polar surface area (TPSA) is 25.8 Å². The predicted molar refractivity (Wildman–Crippen MR) is 237 cm³/mol. The summed E-state index contributed by atoms with van der Waals surface area (Å²) in [5, 5.41) is 12.3. The first kappa shape index (κ1) is 32.0. The van der Waals surface area contributed by atoms with Crippen molar-refractivity contribution in [3.63, 3.8) is 0 Å². The third kappa shape index (κ3) is 5.42. The molecule has 11 aromatic rings. The standard InChI is InChI=1S/C54H34N2/c1-2-15-37(16-3-1)54-55-51(42-20-12-19-39(32-42)40-26-25-35-13-4-5-17-38(35)31-40)34-52(56-54)47-29-30-48(46-24-11-10-23-45(46)47)53-44-22-9-7-18-41(44)33-50-43-21-8-6-14-36(43)27-28-49(50)53/h1-34H. The molecule has 11 rings (SSSR count). The summed E-state index contributed by atoms with van der Waals surface area (Å²) in [6, 6.07) is 74.1. The minimum Gasteiger partial charge on any atom is -0.228 e. The molecular weight excluding hydrogens is 677 g/mol. The van der Waals surface area contributed by atoms with Crippen molar-refractivity contribution >= 4 is 53.9 Å². The summed E-state index contributed by atoms with van der Waals surface area (Å²) < 4.78 is 0. The van der Waals surface area contributed by atoms with Crippen LogP contribution in [0.15, 0.2) is 206 Å². The fourth-order valence-electron chi connectivity index (χ4n) is 8.53. The first-order chi connectivity index (χ1) is 27.7. The Hall–Kier alpha value is -7.42. The summed E-state index contributed by atoms with van der Waals surface area (Å²) in [5.74, 6) is 0.703. The number of hydrogen-bond donors (Lipinski definition) is 0. The van der Waals surface area contributed by atoms with Crippen molar-refractivity contribution in [3.8, 4) is 56.2 Å². The van der Waals surface area contributed by atoms with Crippen molar-refractivity contribution in [2.24, 2.45) is 0 Å². The molecule has 2 heteroatoms. The highest BCUT2D eigenvalue weighted by molar-refractivity contribution is 6.23. The Kier molecular flexibility index (Phi) is 7.53. The van der Waals surface area contributed by atoms with Gasteiger partial charge in [-0.05, 0) is 100 Å². The van der Waals surface area contributed by atoms with Crippen LogP contribution in [0.4, 0.5) is 0 Å². The molecule has 0 N–H and O–H groups in total. The molecule has 0 amide bonds. The highest BCUT2D eigenvalue weighted by Crippen LogP contribution is 2.44. The second-order valence-corrected chi connectivity index (χ2v) is 14.5. The van der Waals surface area contributed by atoms with Gasteiger partial charge in [-0.2, -0.15) is 0 Å². The Morgan fingerprint density at radius 1 is 0.250 bits per heavy atom. The van der Waals surface area contributed by atoms with Crippen LogP contribution in [0.5, 0.6) is 0 Å². The molecule has 0 aliphatic rings. The molecule has 0 aliphatic heterocycles. The molecule has 260 valence electrons. The molecule has 0 radical (unpaired) electrons. The summed E-state index contributed by atoms with van der Waals surface area (Å²) in [4.78, 5) is 10.5. The van der Waals surface area contributed by atoms with Crippen LogP contribution >= 0.6 is 0 Å². The van der Waals surface area contributed by atoms with Gasteiger partial charge >= 0.3 is 0 Å². The molecule has 0 unspecified atom stereocenters. The van der Waals surface area contributed by atoms with Crippen molar-refractivity contribution in [3.05, 3.63) is 206 Å². The molecule has 1 heterocycles. The lowest BCUT2D eigenvalue weighted by Gasteiger charge is -2.17. The first-order valence-corrected chi connectivity index (χ1v) is 19.1. The molecule has 56 heavy (non-hydrogen) atoms. The Bertz CT molecular complexity index is 3310. The Morgan fingerprint density at radius 2 is 0.839 bits per heavy atom. The molecule has 0 aliphatic carbocycles. The van der Waals surface area contributed by atoms with Crippen LogP contribution in [0.2, 0.25) is 0 Å². The summed E-state index contributed by atoms with van der Waals surface area (Å²) in [6.07, 6.45) is 0. The average molecular weight is 711 g/mol. The lowest BCUT2D eigenvalue weighted by molar-refractivity contribution is 1.18. The molecule has 0 atom stereocenters. The molecule has 10 aromatic carbocycles. The van der Waals surface area contributed by atoms with Gasteiger partial charge < -0.3 is 0 Å². The van der Waals surface area contributed by atoms with Crippen molar-refractivity contribution in [2.45, 2.75) is 0 Å². The van der Waals surface area contributed by atoms with E-state index in [9.17, 15) is 0 Å². The van der Waals surface area contributed by atoms with Crippen molar-refractivity contribution < 1.29 is 0 Å². The van der Waals surface area contributed by atoms with E-state index in [1.165, 1.54) is 65.2 Å². The highest BCUT2D eigenvalue weighted by atomic mass is 14.9. The highest BCUT2D eigenvalue weighted by Gasteiger charge is 2.18. The molecule has 0 saturated heterocycles. The van der Waals surface area contributed by atoms with E-state index in [2.05, 4.69) is 188 Å². The van der Waals surface area contributed by atoms with Crippen LogP contribution < -0.4 is 0 Å². The zero-order valence-electron chi connectivity index (χ0n) is 30.5. The Balaban J connectivity index is 1.12. The van der Waals surface area contributed by atoms with E-state index in [0.717, 1.165) is 39.0 Å². The minimum atomic E-state index is 0.703. The van der Waals surface area contributed by atoms with E-state index in [1.54, 1.807) is 0 Å². The van der Waals surface area contributed by atoms with Gasteiger partial charge in [0.05, 0.1) is 11.4 Å². The molecule has 0 bridgehead atoms. The van der Waals surface area contributed by atoms with Crippen LogP contribution in [0.1, 0.15) is 0 Å². The van der Waals surface area contributed by atoms with Gasteiger partial charge in [0.2, 0.25) is 0 Å². The monoisotopic (exact) mass is 710 g/mol. The number of benzene rings is 10. The fraction of sp³-hybridized carbons (Fsp3) is 0. The van der Waals surface area contributed by atoms with Gasteiger partial charge in [0.1, 0.15) is 0 Å². The van der Waals surface area contributed by atoms with Crippen LogP contribution in [-0.2, 0) is 0 Å². The average Bonchev–Trinajstić information content (AvgIpc) is 3.28. The molecule has 0 saturated carbocycles. The van der Waals surface area contributed by atoms with E-state index in [0.29, 0.717) is 5.82 Å². The van der Waals surface area contributed by atoms with Gasteiger partial charge in [-0.3, -0.25) is 0 Å². The third-order valence-electron chi connectivity index (χ3n) is 11.2. The molecule has 1 aromatic heterocycles. The Labute approximate surface area is 325 Å². The molecule has 0 fully saturated rings. The van der Waals surface area contributed by atoms with Crippen LogP contribution in [0.25, 0.3) is 110 Å². The smallest absolute Gasteiger partial charge is 0.160 e. The summed E-state index contributed by atoms with van der Waals surface area (Å²) in [7, 11) is 0. The van der Waals surface area contributed by atoms with E-state index in [-0.39, 0.29) is 0 Å². The predicted octanol–water partition coefficient (Wildman–Crippen LogP) is 14.6. The summed E-state index contributed by atoms with van der Waals surface area (Å²) >= 11 is 0. The van der Waals surface area contributed by atoms with E-state index in [4.69, 9.17) is 9.97 Å². The maximum atomic E-state index is 5.29. The summed E-state index contributed by atoms with van der Waals surface area (Å²) in [6.45, 7) is 0. The minimum absolute atomic E-state index is 0.703. The number of aromatic nitrogens is 2. The lowest BCUT2D eigenvalue weighted by Crippen LogP contribution is -1.97. The molecular formula is C54H34N2. The number of fused-ring (bicyclic) bond motifs is 6. The van der Waals surface area contributed by atoms with Crippen molar-refractivity contribution in [1.82, 2.24) is 9.97 Å². The van der Waals surface area contributed by atoms with Gasteiger partial charge in [-0.25, -0.2) is 9.97 Å². The number of hydrogen-bond acceptors (Lipinski definition) is 2. The molecule has 2 nitrogen and oxygen atoms in total. The van der Waals surface area contributed by atoms with Crippen LogP contribution in [0, 0.1) is 0 Å². The zero-order valence-corrected chi connectivity index (χ0v) is 30.5. The SMILES string of the molecule is c1ccc(-c2nc(-c3cccc(-c4ccc5ccccc5c4)c3)cc(-c3ccc(-c4c5ccccc5cc5c4ccc4ccccc45)c4ccccc34)n2)cc1. The largest absolute Gasteiger partial charge is 0.228 e. The van der Waals surface area contributed by atoms with E-state index < -0.39 is 0 Å². The Morgan fingerprint density at radius 3 is 1.68 bits per heavy atom. The molecule has 0 spiro atoms. The van der Waals surface area contributed by atoms with E-state index >= 15 is 0 Å². The fourth-order valence-corrected chi connectivity index (χ4v) is 8.53. The second-order valence-electron chi connectivity index (χ2n) is 14.5.